The van der Waals surface area contributed by atoms with Crippen LogP contribution < -0.4 is 0 Å². The molecule has 0 aromatic rings. The van der Waals surface area contributed by atoms with E-state index in [1.54, 1.807) is 0 Å². The second-order valence-corrected chi connectivity index (χ2v) is 7.56. The molecule has 2 unspecified atom stereocenters. The van der Waals surface area contributed by atoms with E-state index in [0.717, 1.165) is 0 Å². The van der Waals surface area contributed by atoms with E-state index >= 15 is 0 Å². The molecule has 0 saturated carbocycles. The number of alkyl halides is 21. The first-order valence-corrected chi connectivity index (χ1v) is 8.38. The van der Waals surface area contributed by atoms with E-state index in [-0.39, 0.29) is 0 Å². The second-order valence-electron chi connectivity index (χ2n) is 6.10. The molecule has 0 aliphatic heterocycles. The van der Waals surface area contributed by atoms with Crippen molar-refractivity contribution in [2.45, 2.75) is 58.8 Å². The predicted octanol–water partition coefficient (Wildman–Crippen LogP) is 6.11. The van der Waals surface area contributed by atoms with Gasteiger partial charge >= 0.3 is 68.9 Å². The molecular formula is C10HF21O3S. The van der Waals surface area contributed by atoms with Crippen LogP contribution in [0.3, 0.4) is 0 Å². The molecule has 0 aliphatic carbocycles. The summed E-state index contributed by atoms with van der Waals surface area (Å²) in [5.41, 5.74) is -19.9. The van der Waals surface area contributed by atoms with Crippen LogP contribution in [-0.4, -0.2) is 71.8 Å². The van der Waals surface area contributed by atoms with Crippen LogP contribution in [0, 0.1) is 0 Å². The fourth-order valence-electron chi connectivity index (χ4n) is 2.13. The third-order valence-electron chi connectivity index (χ3n) is 3.96. The predicted molar refractivity (Wildman–Crippen MR) is 62.1 cm³/mol. The Hall–Kier alpha value is -1.56. The number of hydrogen-bond acceptors (Lipinski definition) is 2. The van der Waals surface area contributed by atoms with Crippen LogP contribution in [-0.2, 0) is 10.1 Å². The van der Waals surface area contributed by atoms with Crippen LogP contribution in [0.2, 0.25) is 0 Å². The lowest BCUT2D eigenvalue weighted by Crippen LogP contribution is -2.85. The zero-order valence-electron chi connectivity index (χ0n) is 14.6. The van der Waals surface area contributed by atoms with Gasteiger partial charge in [0.2, 0.25) is 0 Å². The van der Waals surface area contributed by atoms with Gasteiger partial charge in [-0.1, -0.05) is 0 Å². The molecule has 0 aromatic carbocycles. The summed E-state index contributed by atoms with van der Waals surface area (Å²) in [5, 5.41) is -8.36. The molecule has 0 aliphatic rings. The SMILES string of the molecule is O=S(=O)(O)C(F)(F)C(F)(F)C(F)(F)C(F)(C(F)(F)F)C(F)(C(F)(F)F)C(F)(F)C(F)(F)C(F)(F)F. The smallest absolute Gasteiger partial charge is 0.281 e. The summed E-state index contributed by atoms with van der Waals surface area (Å²) in [6.07, 6.45) is -26.8. The topological polar surface area (TPSA) is 54.4 Å². The van der Waals surface area contributed by atoms with Crippen molar-refractivity contribution in [1.82, 2.24) is 0 Å². The summed E-state index contributed by atoms with van der Waals surface area (Å²) >= 11 is 0. The quantitative estimate of drug-likeness (QED) is 0.284. The van der Waals surface area contributed by atoms with Crippen LogP contribution in [0.25, 0.3) is 0 Å². The summed E-state index contributed by atoms with van der Waals surface area (Å²) in [6.45, 7) is 0. The van der Waals surface area contributed by atoms with E-state index in [2.05, 4.69) is 0 Å². The molecule has 0 amide bonds. The van der Waals surface area contributed by atoms with Crippen molar-refractivity contribution in [2.75, 3.05) is 0 Å². The van der Waals surface area contributed by atoms with E-state index in [0.29, 0.717) is 0 Å². The molecule has 212 valence electrons. The molecule has 0 saturated heterocycles. The zero-order chi connectivity index (χ0) is 29.5. The van der Waals surface area contributed by atoms with Gasteiger partial charge in [-0.25, -0.2) is 8.78 Å². The minimum absolute atomic E-state index is 7.74. The Balaban J connectivity index is 8.22. The van der Waals surface area contributed by atoms with Gasteiger partial charge in [-0.3, -0.25) is 4.55 Å². The van der Waals surface area contributed by atoms with Gasteiger partial charge in [-0.15, -0.1) is 0 Å². The molecule has 0 aromatic heterocycles. The second kappa shape index (κ2) is 7.72. The lowest BCUT2D eigenvalue weighted by atomic mass is 9.71. The highest BCUT2D eigenvalue weighted by Gasteiger charge is 3.03. The van der Waals surface area contributed by atoms with Crippen LogP contribution in [0.1, 0.15) is 0 Å². The van der Waals surface area contributed by atoms with Crippen molar-refractivity contribution in [3.63, 3.8) is 0 Å². The van der Waals surface area contributed by atoms with E-state index in [9.17, 15) is 101 Å². The molecule has 3 nitrogen and oxygen atoms in total. The van der Waals surface area contributed by atoms with Crippen molar-refractivity contribution < 1.29 is 105 Å². The highest BCUT2D eigenvalue weighted by Crippen LogP contribution is 2.70. The van der Waals surface area contributed by atoms with E-state index < -0.39 is 68.9 Å². The van der Waals surface area contributed by atoms with Gasteiger partial charge in [0.05, 0.1) is 0 Å². The summed E-state index contributed by atoms with van der Waals surface area (Å²) in [6, 6.07) is 0. The first-order valence-electron chi connectivity index (χ1n) is 6.94. The maximum atomic E-state index is 14.2. The van der Waals surface area contributed by atoms with Gasteiger partial charge < -0.3 is 0 Å². The molecule has 2 atom stereocenters. The van der Waals surface area contributed by atoms with Crippen LogP contribution in [0.4, 0.5) is 92.2 Å². The maximum Gasteiger partial charge on any atom is 0.460 e. The molecule has 1 N–H and O–H groups in total. The molecule has 0 rings (SSSR count). The molecular weight excluding hydrogens is 599 g/mol. The minimum Gasteiger partial charge on any atom is -0.281 e. The lowest BCUT2D eigenvalue weighted by Gasteiger charge is -2.50. The van der Waals surface area contributed by atoms with Crippen LogP contribution in [0.5, 0.6) is 0 Å². The summed E-state index contributed by atoms with van der Waals surface area (Å²) in [4.78, 5) is 0. The van der Waals surface area contributed by atoms with Crippen molar-refractivity contribution in [2.24, 2.45) is 0 Å². The molecule has 0 fully saturated rings. The largest absolute Gasteiger partial charge is 0.460 e. The fraction of sp³-hybridized carbons (Fsp3) is 1.00. The maximum absolute atomic E-state index is 14.2. The zero-order valence-corrected chi connectivity index (χ0v) is 15.4. The molecule has 0 spiro atoms. The number of hydrogen-bond donors (Lipinski definition) is 1. The Morgan fingerprint density at radius 3 is 0.771 bits per heavy atom. The van der Waals surface area contributed by atoms with Crippen LogP contribution >= 0.6 is 0 Å². The van der Waals surface area contributed by atoms with E-state index in [1.807, 2.05) is 0 Å². The average molecular weight is 600 g/mol. The normalized spacial score (nSPS) is 19.8. The minimum atomic E-state index is -9.97. The molecule has 0 heterocycles. The molecule has 0 radical (unpaired) electrons. The Morgan fingerprint density at radius 1 is 0.371 bits per heavy atom. The lowest BCUT2D eigenvalue weighted by molar-refractivity contribution is -0.484. The molecule has 0 bridgehead atoms. The van der Waals surface area contributed by atoms with Crippen molar-refractivity contribution in [3.8, 4) is 0 Å². The first kappa shape index (κ1) is 33.4. The summed E-state index contributed by atoms with van der Waals surface area (Å²) < 4.78 is 302. The monoisotopic (exact) mass is 600 g/mol. The Labute approximate surface area is 175 Å². The van der Waals surface area contributed by atoms with Crippen molar-refractivity contribution in [3.05, 3.63) is 0 Å². The van der Waals surface area contributed by atoms with Gasteiger partial charge in [-0.2, -0.15) is 91.8 Å². The average Bonchev–Trinajstić information content (AvgIpc) is 2.55. The van der Waals surface area contributed by atoms with Gasteiger partial charge in [0.15, 0.2) is 0 Å². The highest BCUT2D eigenvalue weighted by atomic mass is 32.2. The van der Waals surface area contributed by atoms with E-state index in [4.69, 9.17) is 4.55 Å². The third kappa shape index (κ3) is 3.84. The third-order valence-corrected chi connectivity index (χ3v) is 4.86. The Morgan fingerprint density at radius 2 is 0.600 bits per heavy atom. The van der Waals surface area contributed by atoms with Gasteiger partial charge in [0.1, 0.15) is 0 Å². The first-order chi connectivity index (χ1) is 14.5. The van der Waals surface area contributed by atoms with Crippen molar-refractivity contribution >= 4 is 10.1 Å². The highest BCUT2D eigenvalue weighted by molar-refractivity contribution is 7.87. The fourth-order valence-corrected chi connectivity index (χ4v) is 2.59. The Bertz CT molecular complexity index is 909. The molecule has 35 heavy (non-hydrogen) atoms. The Kier molecular flexibility index (Phi) is 7.38. The number of halogens is 21. The summed E-state index contributed by atoms with van der Waals surface area (Å²) in [5.74, 6) is -37.4. The van der Waals surface area contributed by atoms with Gasteiger partial charge in [0, 0.05) is 0 Å². The summed E-state index contributed by atoms with van der Waals surface area (Å²) in [7, 11) is -8.33. The molecule has 25 heteroatoms. The van der Waals surface area contributed by atoms with Gasteiger partial charge in [-0.05, 0) is 0 Å². The van der Waals surface area contributed by atoms with Crippen molar-refractivity contribution in [1.29, 1.82) is 0 Å². The van der Waals surface area contributed by atoms with E-state index in [1.165, 1.54) is 0 Å². The number of rotatable bonds is 7. The van der Waals surface area contributed by atoms with Crippen LogP contribution in [0.15, 0.2) is 0 Å². The van der Waals surface area contributed by atoms with Gasteiger partial charge in [0.25, 0.3) is 0 Å². The standard InChI is InChI=1S/C10HF21O3S/c11-1(7(21,22)23,3(13,14)5(17,18)9(27,28)29)2(12,8(24,25)26)4(15,16)6(19,20)10(30,31)35(32,33)34/h(H,32,33,34).